The molecule has 0 aromatic carbocycles. The molecule has 0 radical (unpaired) electrons. The molecule has 0 saturated carbocycles. The summed E-state index contributed by atoms with van der Waals surface area (Å²) < 4.78 is 4.53. The van der Waals surface area contributed by atoms with Gasteiger partial charge in [0.05, 0.1) is 17.0 Å². The second kappa shape index (κ2) is 6.62. The quantitative estimate of drug-likeness (QED) is 0.572. The maximum atomic E-state index is 12.1. The molecule has 2 heterocycles. The molecule has 5 nitrogen and oxygen atoms in total. The molecular formula is C14H16N2O3S. The van der Waals surface area contributed by atoms with Gasteiger partial charge >= 0.3 is 5.97 Å². The number of methoxy groups -OCH3 is 1. The van der Waals surface area contributed by atoms with E-state index in [0.717, 1.165) is 32.0 Å². The van der Waals surface area contributed by atoms with E-state index in [9.17, 15) is 14.9 Å². The van der Waals surface area contributed by atoms with Gasteiger partial charge in [-0.15, -0.1) is 0 Å². The highest BCUT2D eigenvalue weighted by Crippen LogP contribution is 2.40. The molecular weight excluding hydrogens is 276 g/mol. The van der Waals surface area contributed by atoms with E-state index in [1.807, 2.05) is 6.07 Å². The first-order valence-corrected chi connectivity index (χ1v) is 7.40. The fourth-order valence-corrected chi connectivity index (χ4v) is 3.39. The van der Waals surface area contributed by atoms with Crippen LogP contribution in [0.25, 0.3) is 0 Å². The van der Waals surface area contributed by atoms with E-state index in [0.29, 0.717) is 5.03 Å². The number of Topliss-reactive ketones (excluding diaryl/α,β-unsaturated/α-hetero) is 1. The largest absolute Gasteiger partial charge is 0.466 e. The van der Waals surface area contributed by atoms with Crippen LogP contribution in [0.1, 0.15) is 25.7 Å². The predicted octanol–water partition coefficient (Wildman–Crippen LogP) is 1.97. The van der Waals surface area contributed by atoms with Gasteiger partial charge in [0.25, 0.3) is 0 Å². The molecule has 1 fully saturated rings. The second-order valence-electron chi connectivity index (χ2n) is 4.66. The third kappa shape index (κ3) is 3.05. The number of likely N-dealkylation sites (tertiary alicyclic amines) is 1. The van der Waals surface area contributed by atoms with E-state index in [1.165, 1.54) is 31.7 Å². The summed E-state index contributed by atoms with van der Waals surface area (Å²) in [5.74, 6) is -0.947. The van der Waals surface area contributed by atoms with Crippen molar-refractivity contribution in [3.8, 4) is 6.07 Å². The molecule has 2 aliphatic rings. The number of allylic oxidation sites excluding steroid dienone is 2. The summed E-state index contributed by atoms with van der Waals surface area (Å²) >= 11 is 1.20. The maximum absolute atomic E-state index is 12.1. The summed E-state index contributed by atoms with van der Waals surface area (Å²) in [6, 6.07) is 1.98. The van der Waals surface area contributed by atoms with Gasteiger partial charge in [-0.2, -0.15) is 5.26 Å². The fraction of sp³-hybridized carbons (Fsp3) is 0.500. The zero-order valence-corrected chi connectivity index (χ0v) is 12.2. The van der Waals surface area contributed by atoms with Gasteiger partial charge in [-0.1, -0.05) is 24.6 Å². The number of hydrogen-bond donors (Lipinski definition) is 0. The van der Waals surface area contributed by atoms with Crippen LogP contribution in [0.2, 0.25) is 0 Å². The van der Waals surface area contributed by atoms with Crippen LogP contribution in [0.15, 0.2) is 21.6 Å². The Labute approximate surface area is 122 Å². The minimum atomic E-state index is -0.574. The van der Waals surface area contributed by atoms with Crippen LogP contribution >= 0.6 is 11.8 Å². The highest BCUT2D eigenvalue weighted by molar-refractivity contribution is 8.08. The monoisotopic (exact) mass is 292 g/mol. The third-order valence-corrected chi connectivity index (χ3v) is 4.51. The standard InChI is InChI=1S/C14H16N2O3S/c1-19-12(17)8-11-13(18)10(9-15)14(20-11)16-6-4-2-3-5-7-16/h8H,2-7H2,1H3. The van der Waals surface area contributed by atoms with Crippen molar-refractivity contribution in [1.82, 2.24) is 4.90 Å². The topological polar surface area (TPSA) is 70.4 Å². The Hall–Kier alpha value is -1.74. The number of nitriles is 1. The van der Waals surface area contributed by atoms with Gasteiger partial charge in [0, 0.05) is 19.2 Å². The number of thioether (sulfide) groups is 1. The van der Waals surface area contributed by atoms with Crippen LogP contribution in [0.3, 0.4) is 0 Å². The molecule has 20 heavy (non-hydrogen) atoms. The molecule has 0 amide bonds. The van der Waals surface area contributed by atoms with Crippen molar-refractivity contribution in [2.45, 2.75) is 25.7 Å². The first kappa shape index (κ1) is 14.7. The van der Waals surface area contributed by atoms with Gasteiger partial charge < -0.3 is 9.64 Å². The lowest BCUT2D eigenvalue weighted by Crippen LogP contribution is -2.22. The van der Waals surface area contributed by atoms with E-state index in [4.69, 9.17) is 0 Å². The predicted molar refractivity (Wildman–Crippen MR) is 75.4 cm³/mol. The van der Waals surface area contributed by atoms with Gasteiger partial charge in [-0.05, 0) is 12.8 Å². The molecule has 2 aliphatic heterocycles. The number of nitrogens with zero attached hydrogens (tertiary/aromatic N) is 2. The third-order valence-electron chi connectivity index (χ3n) is 3.33. The normalized spacial score (nSPS) is 21.9. The maximum Gasteiger partial charge on any atom is 0.331 e. The molecule has 1 saturated heterocycles. The molecule has 6 heteroatoms. The Morgan fingerprint density at radius 2 is 2.00 bits per heavy atom. The number of carbonyl (C=O) groups is 2. The van der Waals surface area contributed by atoms with Crippen LogP contribution in [-0.2, 0) is 14.3 Å². The minimum absolute atomic E-state index is 0.145. The van der Waals surface area contributed by atoms with Crippen LogP contribution < -0.4 is 0 Å². The molecule has 0 unspecified atom stereocenters. The van der Waals surface area contributed by atoms with E-state index in [-0.39, 0.29) is 16.3 Å². The molecule has 2 rings (SSSR count). The van der Waals surface area contributed by atoms with Crippen molar-refractivity contribution in [2.24, 2.45) is 0 Å². The summed E-state index contributed by atoms with van der Waals surface area (Å²) in [4.78, 5) is 25.8. The van der Waals surface area contributed by atoms with Crippen molar-refractivity contribution in [3.05, 3.63) is 21.6 Å². The van der Waals surface area contributed by atoms with E-state index in [1.54, 1.807) is 0 Å². The SMILES string of the molecule is COC(=O)C=C1SC(N2CCCCCC2)=C(C#N)C1=O. The Kier molecular flexibility index (Phi) is 4.85. The van der Waals surface area contributed by atoms with Crippen LogP contribution in [0, 0.1) is 11.3 Å². The smallest absolute Gasteiger partial charge is 0.331 e. The zero-order chi connectivity index (χ0) is 14.5. The number of hydrogen-bond acceptors (Lipinski definition) is 6. The Morgan fingerprint density at radius 1 is 1.35 bits per heavy atom. The average molecular weight is 292 g/mol. The highest BCUT2D eigenvalue weighted by atomic mass is 32.2. The molecule has 106 valence electrons. The molecule has 0 spiro atoms. The molecule has 0 aliphatic carbocycles. The molecule has 0 atom stereocenters. The minimum Gasteiger partial charge on any atom is -0.466 e. The first-order valence-electron chi connectivity index (χ1n) is 6.59. The Morgan fingerprint density at radius 3 is 2.55 bits per heavy atom. The number of rotatable bonds is 2. The lowest BCUT2D eigenvalue weighted by atomic mass is 10.2. The van der Waals surface area contributed by atoms with Crippen LogP contribution in [0.5, 0.6) is 0 Å². The van der Waals surface area contributed by atoms with Gasteiger partial charge in [0.1, 0.15) is 11.6 Å². The van der Waals surface area contributed by atoms with E-state index < -0.39 is 5.97 Å². The van der Waals surface area contributed by atoms with Crippen molar-refractivity contribution >= 4 is 23.5 Å². The van der Waals surface area contributed by atoms with Crippen molar-refractivity contribution < 1.29 is 14.3 Å². The summed E-state index contributed by atoms with van der Waals surface area (Å²) in [5.41, 5.74) is 0.145. The van der Waals surface area contributed by atoms with Gasteiger partial charge in [0.15, 0.2) is 0 Å². The lowest BCUT2D eigenvalue weighted by molar-refractivity contribution is -0.135. The number of ketones is 1. The molecule has 0 aromatic rings. The van der Waals surface area contributed by atoms with E-state index >= 15 is 0 Å². The summed E-state index contributed by atoms with van der Waals surface area (Å²) in [6.45, 7) is 1.71. The number of carbonyl (C=O) groups excluding carboxylic acids is 2. The fourth-order valence-electron chi connectivity index (χ4n) is 2.28. The van der Waals surface area contributed by atoms with Crippen molar-refractivity contribution in [1.29, 1.82) is 5.26 Å². The summed E-state index contributed by atoms with van der Waals surface area (Å²) in [7, 11) is 1.26. The lowest BCUT2D eigenvalue weighted by Gasteiger charge is -2.22. The summed E-state index contributed by atoms with van der Waals surface area (Å²) in [5, 5.41) is 9.89. The zero-order valence-electron chi connectivity index (χ0n) is 11.3. The first-order chi connectivity index (χ1) is 9.67. The van der Waals surface area contributed by atoms with Crippen molar-refractivity contribution in [3.63, 3.8) is 0 Å². The number of ether oxygens (including phenoxy) is 1. The number of esters is 1. The molecule has 0 N–H and O–H groups in total. The van der Waals surface area contributed by atoms with E-state index in [2.05, 4.69) is 9.64 Å². The van der Waals surface area contributed by atoms with Gasteiger partial charge in [-0.3, -0.25) is 4.79 Å². The van der Waals surface area contributed by atoms with Crippen LogP contribution in [-0.4, -0.2) is 36.9 Å². The Bertz CT molecular complexity index is 523. The van der Waals surface area contributed by atoms with Crippen molar-refractivity contribution in [2.75, 3.05) is 20.2 Å². The average Bonchev–Trinajstić information content (AvgIpc) is 2.65. The second-order valence-corrected chi connectivity index (χ2v) is 5.69. The van der Waals surface area contributed by atoms with Crippen LogP contribution in [0.4, 0.5) is 0 Å². The highest BCUT2D eigenvalue weighted by Gasteiger charge is 2.33. The summed E-state index contributed by atoms with van der Waals surface area (Å²) in [6.07, 6.45) is 5.64. The molecule has 0 aromatic heterocycles. The Balaban J connectivity index is 2.25. The van der Waals surface area contributed by atoms with Gasteiger partial charge in [0.2, 0.25) is 5.78 Å². The molecule has 0 bridgehead atoms. The van der Waals surface area contributed by atoms with Gasteiger partial charge in [-0.25, -0.2) is 4.79 Å².